The van der Waals surface area contributed by atoms with Crippen LogP contribution < -0.4 is 26.0 Å². The summed E-state index contributed by atoms with van der Waals surface area (Å²) in [6.07, 6.45) is 0. The summed E-state index contributed by atoms with van der Waals surface area (Å²) in [6.45, 7) is 0. The van der Waals surface area contributed by atoms with Crippen LogP contribution in [0.4, 0.5) is 5.69 Å². The number of anilines is 1. The largest absolute Gasteiger partial charge is 0.497 e. The fourth-order valence-electron chi connectivity index (χ4n) is 1.69. The van der Waals surface area contributed by atoms with Gasteiger partial charge in [0.2, 0.25) is 0 Å². The van der Waals surface area contributed by atoms with Gasteiger partial charge in [-0.15, -0.1) is 0 Å². The Balaban J connectivity index is 2.34. The number of carbonyl (C=O) groups is 1. The fourth-order valence-corrected chi connectivity index (χ4v) is 1.69. The summed E-state index contributed by atoms with van der Waals surface area (Å²) in [7, 11) is 2.94. The van der Waals surface area contributed by atoms with Crippen LogP contribution in [0.15, 0.2) is 33.9 Å². The molecule has 3 N–H and O–H groups in total. The number of rotatable bonds is 4. The average molecular weight is 291 g/mol. The number of benzene rings is 1. The molecule has 0 radical (unpaired) electrons. The molecule has 0 bridgehead atoms. The highest BCUT2D eigenvalue weighted by atomic mass is 16.5. The van der Waals surface area contributed by atoms with Crippen LogP contribution in [-0.2, 0) is 0 Å². The van der Waals surface area contributed by atoms with Gasteiger partial charge in [-0.1, -0.05) is 0 Å². The number of methoxy groups -OCH3 is 2. The summed E-state index contributed by atoms with van der Waals surface area (Å²) in [5.41, 5.74) is -1.23. The maximum absolute atomic E-state index is 12.1. The minimum absolute atomic E-state index is 0.159. The molecule has 0 aliphatic heterocycles. The Labute approximate surface area is 118 Å². The first kappa shape index (κ1) is 14.4. The maximum atomic E-state index is 12.1. The second-order valence-electron chi connectivity index (χ2n) is 4.02. The van der Waals surface area contributed by atoms with Crippen LogP contribution in [0.1, 0.15) is 10.5 Å². The van der Waals surface area contributed by atoms with E-state index in [-0.39, 0.29) is 5.69 Å². The molecule has 0 aliphatic rings. The van der Waals surface area contributed by atoms with Crippen LogP contribution in [0.25, 0.3) is 0 Å². The van der Waals surface area contributed by atoms with Crippen LogP contribution in [0.5, 0.6) is 11.5 Å². The quantitative estimate of drug-likeness (QED) is 0.751. The molecule has 1 heterocycles. The van der Waals surface area contributed by atoms with E-state index in [0.717, 1.165) is 6.07 Å². The number of H-pyrrole nitrogens is 2. The van der Waals surface area contributed by atoms with Crippen molar-refractivity contribution >= 4 is 11.6 Å². The molecule has 1 amide bonds. The lowest BCUT2D eigenvalue weighted by atomic mass is 10.2. The molecule has 0 saturated carbocycles. The van der Waals surface area contributed by atoms with Gasteiger partial charge in [0, 0.05) is 12.1 Å². The molecule has 0 aliphatic carbocycles. The smallest absolute Gasteiger partial charge is 0.326 e. The second kappa shape index (κ2) is 5.95. The molecule has 21 heavy (non-hydrogen) atoms. The van der Waals surface area contributed by atoms with Crippen molar-refractivity contribution < 1.29 is 14.3 Å². The van der Waals surface area contributed by atoms with E-state index in [4.69, 9.17) is 9.47 Å². The maximum Gasteiger partial charge on any atom is 0.326 e. The molecule has 0 spiro atoms. The van der Waals surface area contributed by atoms with Gasteiger partial charge in [0.05, 0.1) is 19.9 Å². The molecule has 0 saturated heterocycles. The van der Waals surface area contributed by atoms with E-state index < -0.39 is 17.2 Å². The Morgan fingerprint density at radius 2 is 1.86 bits per heavy atom. The summed E-state index contributed by atoms with van der Waals surface area (Å²) in [6, 6.07) is 5.84. The van der Waals surface area contributed by atoms with Gasteiger partial charge in [-0.05, 0) is 12.1 Å². The van der Waals surface area contributed by atoms with Crippen molar-refractivity contribution in [1.82, 2.24) is 9.97 Å². The molecule has 110 valence electrons. The van der Waals surface area contributed by atoms with Gasteiger partial charge in [-0.25, -0.2) is 4.79 Å². The predicted molar refractivity (Wildman–Crippen MR) is 75.2 cm³/mol. The molecule has 0 unspecified atom stereocenters. The number of hydrogen-bond acceptors (Lipinski definition) is 5. The summed E-state index contributed by atoms with van der Waals surface area (Å²) in [5.74, 6) is 0.284. The Bertz CT molecular complexity index is 750. The predicted octanol–water partition coefficient (Wildman–Crippen LogP) is 0.333. The van der Waals surface area contributed by atoms with Crippen molar-refractivity contribution in [3.8, 4) is 11.5 Å². The normalized spacial score (nSPS) is 10.0. The van der Waals surface area contributed by atoms with Crippen LogP contribution in [-0.4, -0.2) is 30.1 Å². The average Bonchev–Trinajstić information content (AvgIpc) is 2.46. The minimum atomic E-state index is -0.759. The molecule has 8 nitrogen and oxygen atoms in total. The summed E-state index contributed by atoms with van der Waals surface area (Å²) < 4.78 is 10.2. The van der Waals surface area contributed by atoms with Gasteiger partial charge in [-0.3, -0.25) is 14.6 Å². The van der Waals surface area contributed by atoms with Crippen LogP contribution in [0.2, 0.25) is 0 Å². The third-order valence-electron chi connectivity index (χ3n) is 2.66. The van der Waals surface area contributed by atoms with E-state index in [1.165, 1.54) is 14.2 Å². The third-order valence-corrected chi connectivity index (χ3v) is 2.66. The van der Waals surface area contributed by atoms with E-state index in [9.17, 15) is 14.4 Å². The number of hydrogen-bond donors (Lipinski definition) is 3. The first-order chi connectivity index (χ1) is 10.0. The van der Waals surface area contributed by atoms with Crippen molar-refractivity contribution in [1.29, 1.82) is 0 Å². The van der Waals surface area contributed by atoms with Gasteiger partial charge >= 0.3 is 5.69 Å². The van der Waals surface area contributed by atoms with Crippen LogP contribution >= 0.6 is 0 Å². The topological polar surface area (TPSA) is 113 Å². The van der Waals surface area contributed by atoms with E-state index in [1.54, 1.807) is 18.2 Å². The highest BCUT2D eigenvalue weighted by Crippen LogP contribution is 2.29. The summed E-state index contributed by atoms with van der Waals surface area (Å²) in [5, 5.41) is 2.54. The molecule has 2 aromatic rings. The lowest BCUT2D eigenvalue weighted by Crippen LogP contribution is -2.27. The first-order valence-corrected chi connectivity index (χ1v) is 5.90. The fraction of sp³-hybridized carbons (Fsp3) is 0.154. The summed E-state index contributed by atoms with van der Waals surface area (Å²) in [4.78, 5) is 38.6. The lowest BCUT2D eigenvalue weighted by molar-refractivity contribution is 0.102. The number of amides is 1. The number of nitrogens with one attached hydrogen (secondary N) is 3. The molecule has 1 aromatic heterocycles. The Kier molecular flexibility index (Phi) is 4.07. The SMILES string of the molecule is COc1ccc(OC)c(NC(=O)c2cc(=O)[nH]c(=O)[nH]2)c1. The molecule has 0 atom stereocenters. The number of carbonyl (C=O) groups excluding carboxylic acids is 1. The first-order valence-electron chi connectivity index (χ1n) is 5.90. The van der Waals surface area contributed by atoms with E-state index in [0.29, 0.717) is 17.2 Å². The number of aromatic nitrogens is 2. The van der Waals surface area contributed by atoms with Gasteiger partial charge < -0.3 is 19.8 Å². The van der Waals surface area contributed by atoms with Crippen molar-refractivity contribution in [2.45, 2.75) is 0 Å². The number of ether oxygens (including phenoxy) is 2. The molecule has 8 heteroatoms. The highest BCUT2D eigenvalue weighted by Gasteiger charge is 2.12. The third kappa shape index (κ3) is 3.30. The molecular formula is C13H13N3O5. The van der Waals surface area contributed by atoms with E-state index in [1.807, 2.05) is 4.98 Å². The van der Waals surface area contributed by atoms with Gasteiger partial charge in [0.1, 0.15) is 17.2 Å². The van der Waals surface area contributed by atoms with Crippen molar-refractivity contribution in [2.75, 3.05) is 19.5 Å². The zero-order chi connectivity index (χ0) is 15.4. The van der Waals surface area contributed by atoms with Crippen LogP contribution in [0, 0.1) is 0 Å². The van der Waals surface area contributed by atoms with Gasteiger partial charge in [0.15, 0.2) is 0 Å². The minimum Gasteiger partial charge on any atom is -0.497 e. The van der Waals surface area contributed by atoms with Crippen molar-refractivity contribution in [2.24, 2.45) is 0 Å². The highest BCUT2D eigenvalue weighted by molar-refractivity contribution is 6.03. The Morgan fingerprint density at radius 1 is 1.10 bits per heavy atom. The van der Waals surface area contributed by atoms with Crippen molar-refractivity contribution in [3.05, 3.63) is 50.8 Å². The van der Waals surface area contributed by atoms with E-state index in [2.05, 4.69) is 10.3 Å². The van der Waals surface area contributed by atoms with Crippen molar-refractivity contribution in [3.63, 3.8) is 0 Å². The van der Waals surface area contributed by atoms with Gasteiger partial charge in [-0.2, -0.15) is 0 Å². The lowest BCUT2D eigenvalue weighted by Gasteiger charge is -2.11. The molecule has 1 aromatic carbocycles. The Hall–Kier alpha value is -3.03. The summed E-state index contributed by atoms with van der Waals surface area (Å²) >= 11 is 0. The molecule has 2 rings (SSSR count). The van der Waals surface area contributed by atoms with E-state index >= 15 is 0 Å². The zero-order valence-corrected chi connectivity index (χ0v) is 11.4. The van der Waals surface area contributed by atoms with Gasteiger partial charge in [0.25, 0.3) is 11.5 Å². The number of aromatic amines is 2. The standard InChI is InChI=1S/C13H13N3O5/c1-20-7-3-4-10(21-2)8(5-7)14-12(18)9-6-11(17)16-13(19)15-9/h3-6H,1-2H3,(H,14,18)(H2,15,16,17,19). The second-order valence-corrected chi connectivity index (χ2v) is 4.02. The Morgan fingerprint density at radius 3 is 2.48 bits per heavy atom. The molecular weight excluding hydrogens is 278 g/mol. The molecule has 0 fully saturated rings. The zero-order valence-electron chi connectivity index (χ0n) is 11.4. The van der Waals surface area contributed by atoms with Crippen LogP contribution in [0.3, 0.4) is 0 Å². The monoisotopic (exact) mass is 291 g/mol.